The van der Waals surface area contributed by atoms with Gasteiger partial charge in [-0.15, -0.1) is 0 Å². The van der Waals surface area contributed by atoms with Gasteiger partial charge in [0.2, 0.25) is 5.91 Å². The van der Waals surface area contributed by atoms with Crippen molar-refractivity contribution in [1.82, 2.24) is 4.90 Å². The Morgan fingerprint density at radius 1 is 1.03 bits per heavy atom. The first-order valence-corrected chi connectivity index (χ1v) is 10.4. The van der Waals surface area contributed by atoms with Crippen LogP contribution in [0, 0.1) is 0 Å². The highest BCUT2D eigenvalue weighted by atomic mass is 16.3. The van der Waals surface area contributed by atoms with Gasteiger partial charge in [-0.2, -0.15) is 0 Å². The van der Waals surface area contributed by atoms with Crippen molar-refractivity contribution in [3.05, 3.63) is 53.1 Å². The minimum absolute atomic E-state index is 0.0504. The lowest BCUT2D eigenvalue weighted by atomic mass is 9.86. The first-order valence-electron chi connectivity index (χ1n) is 10.4. The molecule has 150 valence electrons. The number of para-hydroxylation sites is 1. The fraction of sp³-hybridized carbons (Fsp3) is 0.391. The molecule has 0 aliphatic carbocycles. The minimum Gasteiger partial charge on any atom is -0.507 e. The zero-order chi connectivity index (χ0) is 20.0. The van der Waals surface area contributed by atoms with Gasteiger partial charge in [-0.05, 0) is 49.4 Å². The molecule has 0 spiro atoms. The number of amides is 2. The van der Waals surface area contributed by atoms with Gasteiger partial charge in [-0.25, -0.2) is 0 Å². The van der Waals surface area contributed by atoms with E-state index in [0.29, 0.717) is 24.2 Å². The van der Waals surface area contributed by atoms with Crippen LogP contribution in [0.1, 0.15) is 42.0 Å². The second kappa shape index (κ2) is 7.10. The number of rotatable bonds is 4. The Hall–Kier alpha value is -3.02. The second-order valence-corrected chi connectivity index (χ2v) is 8.09. The lowest BCUT2D eigenvalue weighted by Crippen LogP contribution is -2.49. The summed E-state index contributed by atoms with van der Waals surface area (Å²) in [6, 6.07) is 10.4. The summed E-state index contributed by atoms with van der Waals surface area (Å²) in [5, 5.41) is 14.1. The molecule has 3 heterocycles. The van der Waals surface area contributed by atoms with Crippen molar-refractivity contribution in [2.24, 2.45) is 0 Å². The zero-order valence-electron chi connectivity index (χ0n) is 16.4. The van der Waals surface area contributed by atoms with E-state index in [1.54, 1.807) is 4.90 Å². The van der Waals surface area contributed by atoms with Gasteiger partial charge in [0.05, 0.1) is 0 Å². The Bertz CT molecular complexity index is 971. The van der Waals surface area contributed by atoms with Crippen molar-refractivity contribution in [2.45, 2.75) is 38.1 Å². The molecule has 0 radical (unpaired) electrons. The topological polar surface area (TPSA) is 72.9 Å². The third kappa shape index (κ3) is 3.03. The lowest BCUT2D eigenvalue weighted by molar-refractivity contribution is -0.147. The van der Waals surface area contributed by atoms with E-state index in [1.165, 1.54) is 5.56 Å². The number of nitrogens with one attached hydrogen (secondary N) is 1. The number of hydrogen-bond acceptors (Lipinski definition) is 4. The summed E-state index contributed by atoms with van der Waals surface area (Å²) in [5.41, 5.74) is 4.52. The number of phenolic OH excluding ortho intramolecular Hbond substituents is 1. The molecule has 0 bridgehead atoms. The van der Waals surface area contributed by atoms with E-state index in [0.717, 1.165) is 50.0 Å². The molecule has 6 heteroatoms. The van der Waals surface area contributed by atoms with E-state index < -0.39 is 6.04 Å². The third-order valence-electron chi connectivity index (χ3n) is 6.31. The van der Waals surface area contributed by atoms with Gasteiger partial charge >= 0.3 is 0 Å². The van der Waals surface area contributed by atoms with E-state index in [-0.39, 0.29) is 17.6 Å². The molecule has 0 saturated carbocycles. The average Bonchev–Trinajstić information content (AvgIpc) is 2.74. The molecule has 1 saturated heterocycles. The number of likely N-dealkylation sites (tertiary alicyclic amines) is 1. The number of aromatic hydroxyl groups is 1. The Kier molecular flexibility index (Phi) is 4.42. The molecular formula is C23H25N3O3. The van der Waals surface area contributed by atoms with E-state index in [4.69, 9.17) is 0 Å². The molecule has 1 unspecified atom stereocenters. The molecule has 6 nitrogen and oxygen atoms in total. The molecule has 2 aromatic carbocycles. The quantitative estimate of drug-likeness (QED) is 0.786. The molecular weight excluding hydrogens is 366 g/mol. The highest BCUT2D eigenvalue weighted by Crippen LogP contribution is 2.45. The van der Waals surface area contributed by atoms with Crippen molar-refractivity contribution in [1.29, 1.82) is 0 Å². The molecule has 1 atom stereocenters. The molecule has 1 fully saturated rings. The van der Waals surface area contributed by atoms with Crippen LogP contribution in [-0.4, -0.2) is 41.5 Å². The monoisotopic (exact) mass is 391 g/mol. The van der Waals surface area contributed by atoms with Crippen molar-refractivity contribution >= 4 is 23.2 Å². The Morgan fingerprint density at radius 2 is 1.79 bits per heavy atom. The smallest absolute Gasteiger partial charge is 0.251 e. The molecule has 2 aromatic rings. The van der Waals surface area contributed by atoms with Crippen LogP contribution in [0.5, 0.6) is 5.75 Å². The zero-order valence-corrected chi connectivity index (χ0v) is 16.4. The fourth-order valence-electron chi connectivity index (χ4n) is 4.86. The van der Waals surface area contributed by atoms with E-state index in [9.17, 15) is 14.7 Å². The SMILES string of the molecule is O=C(Nc1ccccc1)C(c1cc2c3c(c1O)CCCN3CCC2)N1CCC1=O. The number of hydrogen-bond donors (Lipinski definition) is 2. The summed E-state index contributed by atoms with van der Waals surface area (Å²) in [4.78, 5) is 29.5. The standard InChI is InChI=1S/C23H25N3O3/c27-19-10-13-26(19)21(23(29)24-16-7-2-1-3-8-16)18-14-15-6-4-11-25-12-5-9-17(20(15)25)22(18)28/h1-3,7-8,14,21,28H,4-6,9-13H2,(H,24,29). The Balaban J connectivity index is 1.58. The molecule has 2 amide bonds. The molecule has 0 aromatic heterocycles. The number of phenols is 1. The van der Waals surface area contributed by atoms with Gasteiger partial charge in [0.15, 0.2) is 0 Å². The highest BCUT2D eigenvalue weighted by Gasteiger charge is 2.40. The van der Waals surface area contributed by atoms with Crippen LogP contribution in [-0.2, 0) is 22.4 Å². The van der Waals surface area contributed by atoms with Gasteiger partial charge in [-0.3, -0.25) is 9.59 Å². The summed E-state index contributed by atoms with van der Waals surface area (Å²) in [5.74, 6) is -0.149. The van der Waals surface area contributed by atoms with Crippen LogP contribution >= 0.6 is 0 Å². The molecule has 5 rings (SSSR count). The molecule has 2 N–H and O–H groups in total. The van der Waals surface area contributed by atoms with Crippen LogP contribution in [0.4, 0.5) is 11.4 Å². The normalized spacial score (nSPS) is 18.7. The number of carbonyl (C=O) groups is 2. The number of nitrogens with zero attached hydrogens (tertiary/aromatic N) is 2. The third-order valence-corrected chi connectivity index (χ3v) is 6.31. The highest BCUT2D eigenvalue weighted by molar-refractivity contribution is 5.99. The Morgan fingerprint density at radius 3 is 2.48 bits per heavy atom. The van der Waals surface area contributed by atoms with Crippen molar-refractivity contribution < 1.29 is 14.7 Å². The minimum atomic E-state index is -0.810. The summed E-state index contributed by atoms with van der Waals surface area (Å²) in [7, 11) is 0. The molecule has 3 aliphatic rings. The fourth-order valence-corrected chi connectivity index (χ4v) is 4.86. The van der Waals surface area contributed by atoms with Gasteiger partial charge in [0.25, 0.3) is 5.91 Å². The summed E-state index contributed by atoms with van der Waals surface area (Å²) in [6.07, 6.45) is 4.25. The predicted octanol–water partition coefficient (Wildman–Crippen LogP) is 3.00. The molecule has 29 heavy (non-hydrogen) atoms. The van der Waals surface area contributed by atoms with Gasteiger partial charge in [0, 0.05) is 48.6 Å². The van der Waals surface area contributed by atoms with Crippen molar-refractivity contribution in [3.63, 3.8) is 0 Å². The first-order chi connectivity index (χ1) is 14.1. The van der Waals surface area contributed by atoms with Crippen LogP contribution in [0.15, 0.2) is 36.4 Å². The summed E-state index contributed by atoms with van der Waals surface area (Å²) < 4.78 is 0. The number of benzene rings is 2. The predicted molar refractivity (Wildman–Crippen MR) is 111 cm³/mol. The largest absolute Gasteiger partial charge is 0.507 e. The summed E-state index contributed by atoms with van der Waals surface area (Å²) >= 11 is 0. The van der Waals surface area contributed by atoms with Crippen LogP contribution in [0.3, 0.4) is 0 Å². The summed E-state index contributed by atoms with van der Waals surface area (Å²) in [6.45, 7) is 2.56. The second-order valence-electron chi connectivity index (χ2n) is 8.09. The Labute approximate surface area is 170 Å². The number of aryl methyl sites for hydroxylation is 1. The number of anilines is 2. The van der Waals surface area contributed by atoms with Gasteiger partial charge in [-0.1, -0.05) is 18.2 Å². The number of β-lactam (4-membered cyclic amide) rings is 1. The maximum Gasteiger partial charge on any atom is 0.251 e. The number of carbonyl (C=O) groups excluding carboxylic acids is 2. The van der Waals surface area contributed by atoms with Crippen LogP contribution < -0.4 is 10.2 Å². The molecule has 3 aliphatic heterocycles. The maximum absolute atomic E-state index is 13.3. The van der Waals surface area contributed by atoms with Gasteiger partial charge in [0.1, 0.15) is 11.8 Å². The lowest BCUT2D eigenvalue weighted by Gasteiger charge is -2.41. The van der Waals surface area contributed by atoms with Gasteiger partial charge < -0.3 is 20.2 Å². The maximum atomic E-state index is 13.3. The van der Waals surface area contributed by atoms with Crippen molar-refractivity contribution in [2.75, 3.05) is 29.9 Å². The van der Waals surface area contributed by atoms with Crippen molar-refractivity contribution in [3.8, 4) is 5.75 Å². The first kappa shape index (κ1) is 18.0. The van der Waals surface area contributed by atoms with E-state index in [2.05, 4.69) is 10.2 Å². The van der Waals surface area contributed by atoms with E-state index in [1.807, 2.05) is 36.4 Å². The van der Waals surface area contributed by atoms with Crippen LogP contribution in [0.2, 0.25) is 0 Å². The van der Waals surface area contributed by atoms with Crippen LogP contribution in [0.25, 0.3) is 0 Å². The van der Waals surface area contributed by atoms with E-state index >= 15 is 0 Å². The average molecular weight is 391 g/mol.